The van der Waals surface area contributed by atoms with Crippen molar-refractivity contribution in [1.82, 2.24) is 20.3 Å². The van der Waals surface area contributed by atoms with E-state index < -0.39 is 0 Å². The summed E-state index contributed by atoms with van der Waals surface area (Å²) in [6.45, 7) is 2.40. The maximum Gasteiger partial charge on any atom is 0.255 e. The summed E-state index contributed by atoms with van der Waals surface area (Å²) in [7, 11) is 1.59. The summed E-state index contributed by atoms with van der Waals surface area (Å²) < 4.78 is 10.8. The van der Waals surface area contributed by atoms with Crippen molar-refractivity contribution in [3.05, 3.63) is 42.2 Å². The predicted octanol–water partition coefficient (Wildman–Crippen LogP) is 2.51. The molecule has 0 saturated heterocycles. The van der Waals surface area contributed by atoms with E-state index >= 15 is 0 Å². The Labute approximate surface area is 132 Å². The molecule has 2 heterocycles. The molecule has 0 unspecified atom stereocenters. The maximum absolute atomic E-state index is 12.0. The first-order valence-electron chi connectivity index (χ1n) is 7.15. The molecule has 3 rings (SSSR count). The van der Waals surface area contributed by atoms with E-state index in [0.29, 0.717) is 40.7 Å². The van der Waals surface area contributed by atoms with Gasteiger partial charge in [-0.15, -0.1) is 0 Å². The molecule has 1 amide bonds. The first-order chi connectivity index (χ1) is 11.2. The standard InChI is InChI=1S/C16H16N4O3/c1-3-17-16(21)12-8-18-15-14(12)20-13(9-19-15)23-11-6-4-5-10(7-11)22-2/h4-9H,3H2,1-2H3,(H,17,21)(H,18,19). The normalized spacial score (nSPS) is 10.5. The predicted molar refractivity (Wildman–Crippen MR) is 85.0 cm³/mol. The first-order valence-corrected chi connectivity index (χ1v) is 7.15. The number of hydrogen-bond donors (Lipinski definition) is 2. The number of hydrogen-bond acceptors (Lipinski definition) is 5. The number of carbonyl (C=O) groups excluding carboxylic acids is 1. The number of H-pyrrole nitrogens is 1. The van der Waals surface area contributed by atoms with E-state index in [9.17, 15) is 4.79 Å². The van der Waals surface area contributed by atoms with Crippen LogP contribution < -0.4 is 14.8 Å². The molecule has 0 saturated carbocycles. The van der Waals surface area contributed by atoms with Gasteiger partial charge in [-0.1, -0.05) is 6.07 Å². The Morgan fingerprint density at radius 2 is 2.17 bits per heavy atom. The second kappa shape index (κ2) is 6.35. The second-order valence-electron chi connectivity index (χ2n) is 4.75. The van der Waals surface area contributed by atoms with E-state index in [2.05, 4.69) is 20.3 Å². The number of fused-ring (bicyclic) bond motifs is 1. The largest absolute Gasteiger partial charge is 0.497 e. The average molecular weight is 312 g/mol. The Bertz CT molecular complexity index is 844. The highest BCUT2D eigenvalue weighted by Gasteiger charge is 2.14. The molecule has 2 aromatic heterocycles. The van der Waals surface area contributed by atoms with Crippen LogP contribution in [0.2, 0.25) is 0 Å². The van der Waals surface area contributed by atoms with Crippen LogP contribution in [0.4, 0.5) is 0 Å². The zero-order valence-electron chi connectivity index (χ0n) is 12.8. The molecule has 1 aromatic carbocycles. The minimum atomic E-state index is -0.202. The summed E-state index contributed by atoms with van der Waals surface area (Å²) in [5.74, 6) is 1.36. The molecule has 0 aliphatic carbocycles. The minimum Gasteiger partial charge on any atom is -0.497 e. The van der Waals surface area contributed by atoms with Gasteiger partial charge in [0, 0.05) is 18.8 Å². The quantitative estimate of drug-likeness (QED) is 0.755. The molecule has 0 aliphatic rings. The third kappa shape index (κ3) is 3.08. The van der Waals surface area contributed by atoms with Crippen molar-refractivity contribution in [2.24, 2.45) is 0 Å². The van der Waals surface area contributed by atoms with Gasteiger partial charge in [0.2, 0.25) is 5.88 Å². The van der Waals surface area contributed by atoms with Crippen LogP contribution in [-0.2, 0) is 0 Å². The molecule has 0 spiro atoms. The summed E-state index contributed by atoms with van der Waals surface area (Å²) in [5, 5.41) is 2.74. The van der Waals surface area contributed by atoms with Gasteiger partial charge < -0.3 is 19.8 Å². The highest BCUT2D eigenvalue weighted by atomic mass is 16.5. The number of carbonyl (C=O) groups is 1. The molecule has 23 heavy (non-hydrogen) atoms. The van der Waals surface area contributed by atoms with Gasteiger partial charge in [-0.2, -0.15) is 0 Å². The van der Waals surface area contributed by atoms with Crippen molar-refractivity contribution in [3.63, 3.8) is 0 Å². The number of rotatable bonds is 5. The second-order valence-corrected chi connectivity index (χ2v) is 4.75. The highest BCUT2D eigenvalue weighted by Crippen LogP contribution is 2.25. The molecular formula is C16H16N4O3. The van der Waals surface area contributed by atoms with Crippen LogP contribution in [-0.4, -0.2) is 34.5 Å². The SMILES string of the molecule is CCNC(=O)c1c[nH]c2ncc(Oc3cccc(OC)c3)nc12. The zero-order valence-corrected chi connectivity index (χ0v) is 12.8. The summed E-state index contributed by atoms with van der Waals surface area (Å²) in [5.41, 5.74) is 1.44. The first kappa shape index (κ1) is 14.8. The maximum atomic E-state index is 12.0. The van der Waals surface area contributed by atoms with Crippen LogP contribution >= 0.6 is 0 Å². The van der Waals surface area contributed by atoms with Crippen LogP contribution in [0, 0.1) is 0 Å². The number of methoxy groups -OCH3 is 1. The fourth-order valence-electron chi connectivity index (χ4n) is 2.14. The molecule has 0 bridgehead atoms. The van der Waals surface area contributed by atoms with Crippen molar-refractivity contribution < 1.29 is 14.3 Å². The fourth-order valence-corrected chi connectivity index (χ4v) is 2.14. The van der Waals surface area contributed by atoms with Crippen LogP contribution in [0.3, 0.4) is 0 Å². The Morgan fingerprint density at radius 3 is 2.96 bits per heavy atom. The molecule has 118 valence electrons. The molecule has 2 N–H and O–H groups in total. The van der Waals surface area contributed by atoms with E-state index in [0.717, 1.165) is 0 Å². The third-order valence-electron chi connectivity index (χ3n) is 3.20. The average Bonchev–Trinajstić information content (AvgIpc) is 2.98. The molecule has 0 aliphatic heterocycles. The Kier molecular flexibility index (Phi) is 4.09. The summed E-state index contributed by atoms with van der Waals surface area (Å²) in [6, 6.07) is 7.17. The summed E-state index contributed by atoms with van der Waals surface area (Å²) in [4.78, 5) is 23.5. The van der Waals surface area contributed by atoms with Gasteiger partial charge in [-0.25, -0.2) is 9.97 Å². The van der Waals surface area contributed by atoms with Gasteiger partial charge >= 0.3 is 0 Å². The Hall–Kier alpha value is -3.09. The molecule has 0 radical (unpaired) electrons. The Balaban J connectivity index is 1.92. The molecule has 7 heteroatoms. The highest BCUT2D eigenvalue weighted by molar-refractivity contribution is 6.04. The van der Waals surface area contributed by atoms with Gasteiger partial charge in [-0.3, -0.25) is 4.79 Å². The van der Waals surface area contributed by atoms with Gasteiger partial charge in [0.1, 0.15) is 17.0 Å². The van der Waals surface area contributed by atoms with Gasteiger partial charge in [0.15, 0.2) is 5.65 Å². The lowest BCUT2D eigenvalue weighted by atomic mass is 10.3. The van der Waals surface area contributed by atoms with Crippen molar-refractivity contribution in [1.29, 1.82) is 0 Å². The van der Waals surface area contributed by atoms with Crippen molar-refractivity contribution in [3.8, 4) is 17.4 Å². The van der Waals surface area contributed by atoms with Gasteiger partial charge in [0.25, 0.3) is 5.91 Å². The van der Waals surface area contributed by atoms with E-state index in [1.807, 2.05) is 19.1 Å². The fraction of sp³-hybridized carbons (Fsp3) is 0.188. The molecule has 7 nitrogen and oxygen atoms in total. The zero-order chi connectivity index (χ0) is 16.2. The number of nitrogens with one attached hydrogen (secondary N) is 2. The smallest absolute Gasteiger partial charge is 0.255 e. The third-order valence-corrected chi connectivity index (χ3v) is 3.20. The number of ether oxygens (including phenoxy) is 2. The lowest BCUT2D eigenvalue weighted by Gasteiger charge is -2.06. The Morgan fingerprint density at radius 1 is 1.35 bits per heavy atom. The van der Waals surface area contributed by atoms with Crippen molar-refractivity contribution >= 4 is 17.1 Å². The van der Waals surface area contributed by atoms with Gasteiger partial charge in [0.05, 0.1) is 18.9 Å². The van der Waals surface area contributed by atoms with Crippen molar-refractivity contribution in [2.75, 3.05) is 13.7 Å². The monoisotopic (exact) mass is 312 g/mol. The lowest BCUT2D eigenvalue weighted by molar-refractivity contribution is 0.0957. The number of amides is 1. The number of nitrogens with zero attached hydrogens (tertiary/aromatic N) is 2. The molecule has 3 aromatic rings. The molecule has 0 atom stereocenters. The molecule has 0 fully saturated rings. The number of benzene rings is 1. The minimum absolute atomic E-state index is 0.202. The number of aromatic nitrogens is 3. The summed E-state index contributed by atoms with van der Waals surface area (Å²) >= 11 is 0. The van der Waals surface area contributed by atoms with Crippen molar-refractivity contribution in [2.45, 2.75) is 6.92 Å². The van der Waals surface area contributed by atoms with Crippen LogP contribution in [0.15, 0.2) is 36.7 Å². The van der Waals surface area contributed by atoms with E-state index in [4.69, 9.17) is 9.47 Å². The van der Waals surface area contributed by atoms with Crippen LogP contribution in [0.5, 0.6) is 17.4 Å². The van der Waals surface area contributed by atoms with Crippen LogP contribution in [0.25, 0.3) is 11.2 Å². The van der Waals surface area contributed by atoms with E-state index in [1.54, 1.807) is 25.4 Å². The van der Waals surface area contributed by atoms with E-state index in [1.165, 1.54) is 6.20 Å². The van der Waals surface area contributed by atoms with E-state index in [-0.39, 0.29) is 5.91 Å². The topological polar surface area (TPSA) is 89.1 Å². The van der Waals surface area contributed by atoms with Crippen LogP contribution in [0.1, 0.15) is 17.3 Å². The summed E-state index contributed by atoms with van der Waals surface area (Å²) in [6.07, 6.45) is 3.09. The van der Waals surface area contributed by atoms with Gasteiger partial charge in [-0.05, 0) is 19.1 Å². The lowest BCUT2D eigenvalue weighted by Crippen LogP contribution is -2.22. The number of aromatic amines is 1. The molecular weight excluding hydrogens is 296 g/mol.